The van der Waals surface area contributed by atoms with E-state index in [1.165, 1.54) is 0 Å². The normalized spacial score (nSPS) is 20.7. The summed E-state index contributed by atoms with van der Waals surface area (Å²) in [5.41, 5.74) is 7.08. The van der Waals surface area contributed by atoms with E-state index in [1.807, 2.05) is 56.3 Å². The molecule has 1 fully saturated rings. The lowest BCUT2D eigenvalue weighted by atomic mass is 9.70. The first-order valence-corrected chi connectivity index (χ1v) is 12.4. The highest BCUT2D eigenvalue weighted by Gasteiger charge is 2.35. The number of carbonyl (C=O) groups is 2. The third kappa shape index (κ3) is 4.24. The number of phenolic OH excluding ortho intramolecular Hbond substituents is 1. The lowest BCUT2D eigenvalue weighted by Gasteiger charge is -2.32. The Hall–Kier alpha value is -3.70. The molecule has 0 spiro atoms. The molecule has 0 bridgehead atoms. The minimum atomic E-state index is -0.193. The van der Waals surface area contributed by atoms with Crippen molar-refractivity contribution in [3.05, 3.63) is 93.5 Å². The molecule has 0 saturated carbocycles. The highest BCUT2D eigenvalue weighted by molar-refractivity contribution is 6.27. The molecule has 1 aliphatic carbocycles. The molecule has 5 nitrogen and oxygen atoms in total. The fraction of sp³-hybridized carbons (Fsp3) is 0.290. The molecule has 0 radical (unpaired) electrons. The van der Waals surface area contributed by atoms with E-state index in [9.17, 15) is 14.7 Å². The fourth-order valence-electron chi connectivity index (χ4n) is 5.39. The van der Waals surface area contributed by atoms with Crippen molar-refractivity contribution in [3.63, 3.8) is 0 Å². The fourth-order valence-corrected chi connectivity index (χ4v) is 5.39. The average molecular weight is 482 g/mol. The van der Waals surface area contributed by atoms with Crippen molar-refractivity contribution in [2.75, 3.05) is 13.7 Å². The van der Waals surface area contributed by atoms with Gasteiger partial charge in [-0.2, -0.15) is 0 Å². The van der Waals surface area contributed by atoms with Gasteiger partial charge >= 0.3 is 0 Å². The average Bonchev–Trinajstić information content (AvgIpc) is 3.71. The number of methoxy groups -OCH3 is 1. The number of allylic oxidation sites excluding steroid dienone is 1. The summed E-state index contributed by atoms with van der Waals surface area (Å²) in [6.45, 7) is 6.80. The Labute approximate surface area is 211 Å². The zero-order chi connectivity index (χ0) is 25.6. The second-order valence-electron chi connectivity index (χ2n) is 9.91. The molecule has 1 saturated heterocycles. The lowest BCUT2D eigenvalue weighted by molar-refractivity contribution is -0.114. The van der Waals surface area contributed by atoms with E-state index < -0.39 is 0 Å². The molecule has 3 unspecified atom stereocenters. The number of fused-ring (bicyclic) bond motifs is 1. The van der Waals surface area contributed by atoms with Gasteiger partial charge in [-0.25, -0.2) is 0 Å². The summed E-state index contributed by atoms with van der Waals surface area (Å²) in [7, 11) is 1.64. The Morgan fingerprint density at radius 1 is 1.11 bits per heavy atom. The van der Waals surface area contributed by atoms with Crippen LogP contribution in [0.1, 0.15) is 68.9 Å². The first kappa shape index (κ1) is 24.0. The van der Waals surface area contributed by atoms with Crippen molar-refractivity contribution in [2.45, 2.75) is 45.1 Å². The number of benzene rings is 3. The zero-order valence-electron chi connectivity index (χ0n) is 21.1. The van der Waals surface area contributed by atoms with Crippen molar-refractivity contribution in [1.29, 1.82) is 0 Å². The molecule has 3 atom stereocenters. The minimum absolute atomic E-state index is 0.00288. The Kier molecular flexibility index (Phi) is 6.27. The second-order valence-corrected chi connectivity index (χ2v) is 9.91. The van der Waals surface area contributed by atoms with Crippen LogP contribution in [-0.4, -0.2) is 36.4 Å². The van der Waals surface area contributed by atoms with E-state index in [-0.39, 0.29) is 35.2 Å². The summed E-state index contributed by atoms with van der Waals surface area (Å²) in [6.07, 6.45) is 2.34. The molecule has 184 valence electrons. The standard InChI is InChI=1S/C31H31NO4/c1-17-7-6-10-29(36-4)23(17)14-25-28(34)15-24(21-9-5-8-18(2)30(21)25)19(3)20-11-12-22(27(33)13-20)31(35)26-16-32-26/h5-14,19,24,26,32-33H,15-16H2,1-4H3/b25-14+. The Balaban J connectivity index is 1.55. The quantitative estimate of drug-likeness (QED) is 0.273. The van der Waals surface area contributed by atoms with Gasteiger partial charge in [-0.05, 0) is 77.8 Å². The summed E-state index contributed by atoms with van der Waals surface area (Å²) in [6, 6.07) is 17.2. The van der Waals surface area contributed by atoms with Crippen molar-refractivity contribution in [1.82, 2.24) is 5.32 Å². The molecule has 36 heavy (non-hydrogen) atoms. The number of hydrogen-bond acceptors (Lipinski definition) is 5. The number of ketones is 2. The summed E-state index contributed by atoms with van der Waals surface area (Å²) in [4.78, 5) is 26.1. The Bertz CT molecular complexity index is 1400. The zero-order valence-corrected chi connectivity index (χ0v) is 21.1. The molecular weight excluding hydrogens is 450 g/mol. The summed E-state index contributed by atoms with van der Waals surface area (Å²) in [5.74, 6) is 0.675. The molecule has 3 aromatic rings. The molecule has 1 heterocycles. The number of phenols is 1. The highest BCUT2D eigenvalue weighted by Crippen LogP contribution is 2.46. The van der Waals surface area contributed by atoms with Gasteiger partial charge in [0.05, 0.1) is 18.7 Å². The highest BCUT2D eigenvalue weighted by atomic mass is 16.5. The van der Waals surface area contributed by atoms with Gasteiger partial charge in [0.15, 0.2) is 11.6 Å². The van der Waals surface area contributed by atoms with Crippen molar-refractivity contribution < 1.29 is 19.4 Å². The van der Waals surface area contributed by atoms with Crippen LogP contribution in [0.4, 0.5) is 0 Å². The van der Waals surface area contributed by atoms with Crippen LogP contribution in [0.25, 0.3) is 11.6 Å². The van der Waals surface area contributed by atoms with E-state index in [4.69, 9.17) is 4.74 Å². The smallest absolute Gasteiger partial charge is 0.184 e. The van der Waals surface area contributed by atoms with E-state index in [0.29, 0.717) is 24.1 Å². The predicted octanol–water partition coefficient (Wildman–Crippen LogP) is 5.57. The van der Waals surface area contributed by atoms with Crippen molar-refractivity contribution in [2.24, 2.45) is 0 Å². The first-order valence-electron chi connectivity index (χ1n) is 12.4. The third-order valence-electron chi connectivity index (χ3n) is 7.61. The molecule has 2 N–H and O–H groups in total. The number of Topliss-reactive ketones (excluding diaryl/α,β-unsaturated/α-hetero) is 2. The number of rotatable bonds is 6. The van der Waals surface area contributed by atoms with Gasteiger partial charge in [-0.3, -0.25) is 9.59 Å². The van der Waals surface area contributed by atoms with Crippen LogP contribution < -0.4 is 10.1 Å². The third-order valence-corrected chi connectivity index (χ3v) is 7.61. The van der Waals surface area contributed by atoms with E-state index in [0.717, 1.165) is 39.1 Å². The van der Waals surface area contributed by atoms with Crippen LogP contribution in [0.2, 0.25) is 0 Å². The van der Waals surface area contributed by atoms with Gasteiger partial charge in [0.2, 0.25) is 0 Å². The van der Waals surface area contributed by atoms with Crippen LogP contribution in [0, 0.1) is 13.8 Å². The van der Waals surface area contributed by atoms with Crippen molar-refractivity contribution in [3.8, 4) is 11.5 Å². The van der Waals surface area contributed by atoms with Gasteiger partial charge in [0, 0.05) is 24.1 Å². The first-order chi connectivity index (χ1) is 17.3. The molecular formula is C31H31NO4. The van der Waals surface area contributed by atoms with Crippen LogP contribution in [0.3, 0.4) is 0 Å². The minimum Gasteiger partial charge on any atom is -0.507 e. The van der Waals surface area contributed by atoms with E-state index in [1.54, 1.807) is 19.2 Å². The summed E-state index contributed by atoms with van der Waals surface area (Å²) in [5, 5.41) is 13.6. The maximum absolute atomic E-state index is 13.7. The lowest BCUT2D eigenvalue weighted by Crippen LogP contribution is -2.22. The van der Waals surface area contributed by atoms with Gasteiger partial charge in [-0.15, -0.1) is 0 Å². The van der Waals surface area contributed by atoms with Gasteiger partial charge in [-0.1, -0.05) is 43.3 Å². The number of ether oxygens (including phenoxy) is 1. The van der Waals surface area contributed by atoms with E-state index in [2.05, 4.69) is 18.3 Å². The SMILES string of the molecule is COc1cccc(C)c1/C=C1\C(=O)CC(C(C)c2ccc(C(=O)C3CN3)c(O)c2)c2cccc(C)c21. The number of aromatic hydroxyl groups is 1. The topological polar surface area (TPSA) is 85.5 Å². The number of nitrogens with one attached hydrogen (secondary N) is 1. The number of aryl methyl sites for hydroxylation is 2. The predicted molar refractivity (Wildman–Crippen MR) is 142 cm³/mol. The molecule has 2 aliphatic rings. The van der Waals surface area contributed by atoms with Crippen LogP contribution in [0.5, 0.6) is 11.5 Å². The van der Waals surface area contributed by atoms with Gasteiger partial charge < -0.3 is 15.2 Å². The Morgan fingerprint density at radius 2 is 1.83 bits per heavy atom. The molecule has 1 aliphatic heterocycles. The number of carbonyl (C=O) groups excluding carboxylic acids is 2. The van der Waals surface area contributed by atoms with Gasteiger partial charge in [0.1, 0.15) is 11.5 Å². The van der Waals surface area contributed by atoms with Gasteiger partial charge in [0.25, 0.3) is 0 Å². The maximum atomic E-state index is 13.7. The molecule has 3 aromatic carbocycles. The van der Waals surface area contributed by atoms with Crippen molar-refractivity contribution >= 4 is 23.2 Å². The monoisotopic (exact) mass is 481 g/mol. The second kappa shape index (κ2) is 9.40. The van der Waals surface area contributed by atoms with E-state index >= 15 is 0 Å². The maximum Gasteiger partial charge on any atom is 0.184 e. The summed E-state index contributed by atoms with van der Waals surface area (Å²) >= 11 is 0. The largest absolute Gasteiger partial charge is 0.507 e. The number of hydrogen-bond donors (Lipinski definition) is 2. The Morgan fingerprint density at radius 3 is 2.53 bits per heavy atom. The molecule has 0 aromatic heterocycles. The molecule has 5 heteroatoms. The van der Waals surface area contributed by atoms with Crippen LogP contribution in [0.15, 0.2) is 54.6 Å². The molecule has 5 rings (SSSR count). The van der Waals surface area contributed by atoms with Crippen LogP contribution >= 0.6 is 0 Å². The summed E-state index contributed by atoms with van der Waals surface area (Å²) < 4.78 is 5.59. The molecule has 0 amide bonds. The van der Waals surface area contributed by atoms with Crippen LogP contribution in [-0.2, 0) is 4.79 Å².